The zero-order chi connectivity index (χ0) is 14.2. The van der Waals surface area contributed by atoms with E-state index in [1.54, 1.807) is 0 Å². The van der Waals surface area contributed by atoms with Gasteiger partial charge in [-0.1, -0.05) is 18.2 Å². The minimum atomic E-state index is 0.822. The lowest BCUT2D eigenvalue weighted by molar-refractivity contribution is 0.459. The van der Waals surface area contributed by atoms with Crippen molar-refractivity contribution in [3.63, 3.8) is 0 Å². The smallest absolute Gasteiger partial charge is 0.117 e. The Bertz CT molecular complexity index is 493. The first kappa shape index (κ1) is 14.7. The Kier molecular flexibility index (Phi) is 5.69. The minimum absolute atomic E-state index is 0.822. The third-order valence-electron chi connectivity index (χ3n) is 3.39. The van der Waals surface area contributed by atoms with Crippen molar-refractivity contribution >= 4 is 5.69 Å². The van der Waals surface area contributed by atoms with Gasteiger partial charge >= 0.3 is 0 Å². The molecule has 0 spiro atoms. The maximum absolute atomic E-state index is 5.52. The van der Waals surface area contributed by atoms with Crippen molar-refractivity contribution in [3.05, 3.63) is 54.0 Å². The van der Waals surface area contributed by atoms with Gasteiger partial charge in [-0.25, -0.2) is 0 Å². The summed E-state index contributed by atoms with van der Waals surface area (Å²) in [4.78, 5) is 2.30. The van der Waals surface area contributed by atoms with Crippen LogP contribution in [0.4, 0.5) is 5.69 Å². The van der Waals surface area contributed by atoms with Gasteiger partial charge in [-0.05, 0) is 50.6 Å². The number of para-hydroxylation sites is 1. The third kappa shape index (κ3) is 4.74. The zero-order valence-corrected chi connectivity index (χ0v) is 12.4. The summed E-state index contributed by atoms with van der Waals surface area (Å²) in [5, 5.41) is 3.42. The molecule has 0 atom stereocenters. The molecular weight excluding hydrogens is 248 g/mol. The molecular formula is C17H24N2O. The SMILES string of the molecule is Cc1ccc(CNCCCCN(C)c2ccccc2)o1. The first-order chi connectivity index (χ1) is 9.75. The van der Waals surface area contributed by atoms with Gasteiger partial charge in [0.05, 0.1) is 6.54 Å². The molecule has 1 heterocycles. The van der Waals surface area contributed by atoms with E-state index in [4.69, 9.17) is 4.42 Å². The van der Waals surface area contributed by atoms with Gasteiger partial charge in [0.1, 0.15) is 11.5 Å². The van der Waals surface area contributed by atoms with Gasteiger partial charge in [0, 0.05) is 19.3 Å². The third-order valence-corrected chi connectivity index (χ3v) is 3.39. The van der Waals surface area contributed by atoms with Crippen molar-refractivity contribution in [2.75, 3.05) is 25.0 Å². The molecule has 0 aliphatic carbocycles. The molecule has 0 radical (unpaired) electrons. The number of anilines is 1. The Balaban J connectivity index is 1.55. The van der Waals surface area contributed by atoms with Crippen LogP contribution in [-0.4, -0.2) is 20.1 Å². The van der Waals surface area contributed by atoms with E-state index in [0.717, 1.165) is 31.2 Å². The van der Waals surface area contributed by atoms with Crippen LogP contribution < -0.4 is 10.2 Å². The van der Waals surface area contributed by atoms with Gasteiger partial charge in [0.15, 0.2) is 0 Å². The fourth-order valence-electron chi connectivity index (χ4n) is 2.20. The molecule has 108 valence electrons. The number of nitrogens with one attached hydrogen (secondary N) is 1. The van der Waals surface area contributed by atoms with Gasteiger partial charge in [-0.3, -0.25) is 0 Å². The largest absolute Gasteiger partial charge is 0.465 e. The van der Waals surface area contributed by atoms with E-state index in [9.17, 15) is 0 Å². The summed E-state index contributed by atoms with van der Waals surface area (Å²) < 4.78 is 5.52. The number of rotatable bonds is 8. The van der Waals surface area contributed by atoms with E-state index in [1.807, 2.05) is 19.1 Å². The van der Waals surface area contributed by atoms with Crippen molar-refractivity contribution in [1.29, 1.82) is 0 Å². The maximum Gasteiger partial charge on any atom is 0.117 e. The molecule has 2 aromatic rings. The molecule has 2 rings (SSSR count). The predicted molar refractivity (Wildman–Crippen MR) is 84.1 cm³/mol. The Hall–Kier alpha value is -1.74. The molecule has 0 unspecified atom stereocenters. The topological polar surface area (TPSA) is 28.4 Å². The molecule has 1 aromatic carbocycles. The lowest BCUT2D eigenvalue weighted by Crippen LogP contribution is -2.20. The Morgan fingerprint density at radius 3 is 2.55 bits per heavy atom. The van der Waals surface area contributed by atoms with Crippen LogP contribution in [0.5, 0.6) is 0 Å². The van der Waals surface area contributed by atoms with Crippen molar-refractivity contribution in [3.8, 4) is 0 Å². The molecule has 3 heteroatoms. The first-order valence-corrected chi connectivity index (χ1v) is 7.28. The molecule has 0 amide bonds. The molecule has 0 fully saturated rings. The van der Waals surface area contributed by atoms with Crippen LogP contribution in [0.1, 0.15) is 24.4 Å². The summed E-state index contributed by atoms with van der Waals surface area (Å²) in [5.41, 5.74) is 1.28. The Morgan fingerprint density at radius 1 is 1.05 bits per heavy atom. The Morgan fingerprint density at radius 2 is 1.85 bits per heavy atom. The summed E-state index contributed by atoms with van der Waals surface area (Å²) in [7, 11) is 2.15. The summed E-state index contributed by atoms with van der Waals surface area (Å²) >= 11 is 0. The van der Waals surface area contributed by atoms with E-state index >= 15 is 0 Å². The average molecular weight is 272 g/mol. The van der Waals surface area contributed by atoms with Crippen LogP contribution in [0, 0.1) is 6.92 Å². The van der Waals surface area contributed by atoms with E-state index < -0.39 is 0 Å². The number of benzene rings is 1. The summed E-state index contributed by atoms with van der Waals surface area (Å²) in [5.74, 6) is 2.00. The van der Waals surface area contributed by atoms with Crippen LogP contribution in [0.2, 0.25) is 0 Å². The lowest BCUT2D eigenvalue weighted by Gasteiger charge is -2.19. The highest BCUT2D eigenvalue weighted by Crippen LogP contribution is 2.11. The first-order valence-electron chi connectivity index (χ1n) is 7.28. The number of aryl methyl sites for hydroxylation is 1. The molecule has 3 nitrogen and oxygen atoms in total. The second-order valence-electron chi connectivity index (χ2n) is 5.15. The Labute approximate surface area is 121 Å². The van der Waals surface area contributed by atoms with Crippen LogP contribution in [0.25, 0.3) is 0 Å². The molecule has 20 heavy (non-hydrogen) atoms. The van der Waals surface area contributed by atoms with Crippen molar-refractivity contribution in [1.82, 2.24) is 5.32 Å². The second-order valence-corrected chi connectivity index (χ2v) is 5.15. The molecule has 0 saturated heterocycles. The van der Waals surface area contributed by atoms with Crippen molar-refractivity contribution < 1.29 is 4.42 Å². The molecule has 0 saturated carbocycles. The number of unbranched alkanes of at least 4 members (excludes halogenated alkanes) is 1. The fraction of sp³-hybridized carbons (Fsp3) is 0.412. The second kappa shape index (κ2) is 7.75. The van der Waals surface area contributed by atoms with Gasteiger partial charge in [0.25, 0.3) is 0 Å². The van der Waals surface area contributed by atoms with Gasteiger partial charge in [-0.15, -0.1) is 0 Å². The normalized spacial score (nSPS) is 10.7. The standard InChI is InChI=1S/C17H24N2O/c1-15-10-11-17(20-15)14-18-12-6-7-13-19(2)16-8-4-3-5-9-16/h3-5,8-11,18H,6-7,12-14H2,1-2H3. The molecule has 1 N–H and O–H groups in total. The maximum atomic E-state index is 5.52. The van der Waals surface area contributed by atoms with E-state index in [2.05, 4.69) is 47.6 Å². The highest BCUT2D eigenvalue weighted by Gasteiger charge is 2.00. The lowest BCUT2D eigenvalue weighted by atomic mass is 10.2. The van der Waals surface area contributed by atoms with Gasteiger partial charge < -0.3 is 14.6 Å². The van der Waals surface area contributed by atoms with Gasteiger partial charge in [-0.2, -0.15) is 0 Å². The monoisotopic (exact) mass is 272 g/mol. The molecule has 0 aliphatic heterocycles. The van der Waals surface area contributed by atoms with E-state index in [-0.39, 0.29) is 0 Å². The van der Waals surface area contributed by atoms with Crippen molar-refractivity contribution in [2.45, 2.75) is 26.3 Å². The fourth-order valence-corrected chi connectivity index (χ4v) is 2.20. The molecule has 0 bridgehead atoms. The number of hydrogen-bond donors (Lipinski definition) is 1. The molecule has 0 aliphatic rings. The quantitative estimate of drug-likeness (QED) is 0.744. The van der Waals surface area contributed by atoms with E-state index in [0.29, 0.717) is 0 Å². The van der Waals surface area contributed by atoms with Crippen LogP contribution in [-0.2, 0) is 6.54 Å². The summed E-state index contributed by atoms with van der Waals surface area (Å²) in [6.45, 7) is 4.92. The average Bonchev–Trinajstić information content (AvgIpc) is 2.89. The molecule has 1 aromatic heterocycles. The van der Waals surface area contributed by atoms with Crippen molar-refractivity contribution in [2.24, 2.45) is 0 Å². The zero-order valence-electron chi connectivity index (χ0n) is 12.4. The van der Waals surface area contributed by atoms with E-state index in [1.165, 1.54) is 18.5 Å². The minimum Gasteiger partial charge on any atom is -0.465 e. The summed E-state index contributed by atoms with van der Waals surface area (Å²) in [6, 6.07) is 14.6. The number of hydrogen-bond acceptors (Lipinski definition) is 3. The summed E-state index contributed by atoms with van der Waals surface area (Å²) in [6.07, 6.45) is 2.37. The highest BCUT2D eigenvalue weighted by molar-refractivity contribution is 5.44. The van der Waals surface area contributed by atoms with Crippen LogP contribution in [0.3, 0.4) is 0 Å². The van der Waals surface area contributed by atoms with Crippen LogP contribution >= 0.6 is 0 Å². The van der Waals surface area contributed by atoms with Crippen LogP contribution in [0.15, 0.2) is 46.9 Å². The number of nitrogens with zero attached hydrogens (tertiary/aromatic N) is 1. The number of furan rings is 1. The highest BCUT2D eigenvalue weighted by atomic mass is 16.3. The predicted octanol–water partition coefficient (Wildman–Crippen LogP) is 3.59. The van der Waals surface area contributed by atoms with Gasteiger partial charge in [0.2, 0.25) is 0 Å².